The molecule has 28 heavy (non-hydrogen) atoms. The van der Waals surface area contributed by atoms with E-state index in [1.807, 2.05) is 6.07 Å². The number of esters is 1. The van der Waals surface area contributed by atoms with Gasteiger partial charge in [-0.2, -0.15) is 14.0 Å². The Morgan fingerprint density at radius 2 is 1.96 bits per heavy atom. The third-order valence-corrected chi connectivity index (χ3v) is 3.97. The molecule has 0 spiro atoms. The highest BCUT2D eigenvalue weighted by Gasteiger charge is 2.17. The van der Waals surface area contributed by atoms with Crippen LogP contribution in [0.2, 0.25) is 0 Å². The first-order chi connectivity index (χ1) is 13.4. The summed E-state index contributed by atoms with van der Waals surface area (Å²) in [6.45, 7) is -4.32. The molecule has 1 aromatic heterocycles. The molecule has 0 saturated heterocycles. The third kappa shape index (κ3) is 6.03. The van der Waals surface area contributed by atoms with E-state index in [0.29, 0.717) is 5.00 Å². The summed E-state index contributed by atoms with van der Waals surface area (Å²) >= 11 is 1.14. The van der Waals surface area contributed by atoms with E-state index in [0.717, 1.165) is 11.3 Å². The van der Waals surface area contributed by atoms with Crippen LogP contribution in [0.5, 0.6) is 5.75 Å². The summed E-state index contributed by atoms with van der Waals surface area (Å²) in [6, 6.07) is 8.70. The van der Waals surface area contributed by atoms with Gasteiger partial charge in [0, 0.05) is 0 Å². The van der Waals surface area contributed by atoms with Crippen molar-refractivity contribution < 1.29 is 32.6 Å². The molecule has 1 heterocycles. The molecule has 0 aliphatic rings. The van der Waals surface area contributed by atoms with Gasteiger partial charge in [-0.1, -0.05) is 12.1 Å². The number of hydrogen-bond donors (Lipinski definition) is 2. The topological polar surface area (TPSA) is 118 Å². The number of nitrogens with zero attached hydrogens (tertiary/aromatic N) is 1. The zero-order valence-corrected chi connectivity index (χ0v) is 14.9. The molecule has 2 rings (SSSR count). The van der Waals surface area contributed by atoms with Crippen LogP contribution in [0.15, 0.2) is 35.7 Å². The van der Waals surface area contributed by atoms with E-state index in [9.17, 15) is 23.2 Å². The molecule has 0 saturated carbocycles. The predicted molar refractivity (Wildman–Crippen MR) is 94.0 cm³/mol. The number of amides is 2. The van der Waals surface area contributed by atoms with Gasteiger partial charge in [0.1, 0.15) is 23.4 Å². The summed E-state index contributed by atoms with van der Waals surface area (Å²) in [4.78, 5) is 35.4. The molecule has 0 fully saturated rings. The Morgan fingerprint density at radius 3 is 2.68 bits per heavy atom. The van der Waals surface area contributed by atoms with Crippen LogP contribution in [-0.2, 0) is 14.3 Å². The van der Waals surface area contributed by atoms with Gasteiger partial charge in [0.2, 0.25) is 0 Å². The molecule has 2 aromatic rings. The SMILES string of the molecule is N#Cc1ccsc1NC(=O)COC(=O)CNC(=O)c1ccccc1OC(F)F. The second kappa shape index (κ2) is 9.98. The van der Waals surface area contributed by atoms with E-state index in [1.54, 1.807) is 5.38 Å². The fourth-order valence-corrected chi connectivity index (χ4v) is 2.71. The summed E-state index contributed by atoms with van der Waals surface area (Å²) < 4.78 is 33.7. The standard InChI is InChI=1S/C17H13F2N3O5S/c18-17(19)27-12-4-2-1-3-11(12)15(25)21-8-14(24)26-9-13(23)22-16-10(7-20)5-6-28-16/h1-6,17H,8-9H2,(H,21,25)(H,22,23). The lowest BCUT2D eigenvalue weighted by Gasteiger charge is -2.10. The van der Waals surface area contributed by atoms with E-state index in [2.05, 4.69) is 15.4 Å². The van der Waals surface area contributed by atoms with E-state index >= 15 is 0 Å². The maximum absolute atomic E-state index is 12.4. The van der Waals surface area contributed by atoms with Gasteiger partial charge >= 0.3 is 12.6 Å². The minimum Gasteiger partial charge on any atom is -0.454 e. The maximum atomic E-state index is 12.4. The maximum Gasteiger partial charge on any atom is 0.387 e. The Bertz CT molecular complexity index is 910. The van der Waals surface area contributed by atoms with Crippen LogP contribution in [0.1, 0.15) is 15.9 Å². The van der Waals surface area contributed by atoms with Gasteiger partial charge in [0.05, 0.1) is 11.1 Å². The van der Waals surface area contributed by atoms with Gasteiger partial charge in [0.15, 0.2) is 6.61 Å². The van der Waals surface area contributed by atoms with Crippen LogP contribution in [0.25, 0.3) is 0 Å². The number of ether oxygens (including phenoxy) is 2. The fraction of sp³-hybridized carbons (Fsp3) is 0.176. The number of thiophene rings is 1. The van der Waals surface area contributed by atoms with Gasteiger partial charge in [-0.25, -0.2) is 0 Å². The van der Waals surface area contributed by atoms with Crippen LogP contribution in [-0.4, -0.2) is 37.5 Å². The highest BCUT2D eigenvalue weighted by atomic mass is 32.1. The van der Waals surface area contributed by atoms with Crippen LogP contribution >= 0.6 is 11.3 Å². The smallest absolute Gasteiger partial charge is 0.387 e. The number of rotatable bonds is 8. The van der Waals surface area contributed by atoms with Crippen molar-refractivity contribution in [1.29, 1.82) is 5.26 Å². The first kappa shape index (κ1) is 20.8. The average molecular weight is 409 g/mol. The number of carbonyl (C=O) groups is 3. The van der Waals surface area contributed by atoms with Crippen molar-refractivity contribution in [2.24, 2.45) is 0 Å². The second-order valence-corrected chi connectivity index (χ2v) is 5.96. The molecule has 0 bridgehead atoms. The Balaban J connectivity index is 1.80. The van der Waals surface area contributed by atoms with Gasteiger partial charge in [0.25, 0.3) is 11.8 Å². The average Bonchev–Trinajstić information content (AvgIpc) is 3.11. The number of alkyl halides is 2. The molecule has 2 amide bonds. The van der Waals surface area contributed by atoms with Crippen molar-refractivity contribution in [2.75, 3.05) is 18.5 Å². The van der Waals surface area contributed by atoms with Crippen LogP contribution in [0, 0.1) is 11.3 Å². The molecular formula is C17H13F2N3O5S. The quantitative estimate of drug-likeness (QED) is 0.645. The minimum absolute atomic E-state index is 0.185. The Hall–Kier alpha value is -3.52. The molecule has 2 N–H and O–H groups in total. The Kier molecular flexibility index (Phi) is 7.41. The summed E-state index contributed by atoms with van der Waals surface area (Å²) in [7, 11) is 0. The number of para-hydroxylation sites is 1. The van der Waals surface area contributed by atoms with Crippen molar-refractivity contribution in [3.05, 3.63) is 46.8 Å². The van der Waals surface area contributed by atoms with Crippen molar-refractivity contribution in [3.63, 3.8) is 0 Å². The van der Waals surface area contributed by atoms with E-state index in [4.69, 9.17) is 10.00 Å². The van der Waals surface area contributed by atoms with Crippen molar-refractivity contribution in [3.8, 4) is 11.8 Å². The van der Waals surface area contributed by atoms with Gasteiger partial charge in [-0.15, -0.1) is 11.3 Å². The second-order valence-electron chi connectivity index (χ2n) is 5.04. The van der Waals surface area contributed by atoms with Crippen LogP contribution in [0.3, 0.4) is 0 Å². The van der Waals surface area contributed by atoms with Crippen molar-refractivity contribution >= 4 is 34.1 Å². The van der Waals surface area contributed by atoms with E-state index < -0.39 is 37.5 Å². The number of halogens is 2. The molecule has 0 unspecified atom stereocenters. The van der Waals surface area contributed by atoms with Gasteiger partial charge < -0.3 is 20.1 Å². The van der Waals surface area contributed by atoms with Crippen LogP contribution in [0.4, 0.5) is 13.8 Å². The molecule has 1 aromatic carbocycles. The number of carbonyl (C=O) groups excluding carboxylic acids is 3. The summed E-state index contributed by atoms with van der Waals surface area (Å²) in [5.74, 6) is -2.74. The molecule has 0 aliphatic carbocycles. The number of anilines is 1. The van der Waals surface area contributed by atoms with Gasteiger partial charge in [-0.05, 0) is 23.6 Å². The summed E-state index contributed by atoms with van der Waals surface area (Å²) in [5.41, 5.74) is 0.0942. The molecule has 11 heteroatoms. The Morgan fingerprint density at radius 1 is 1.21 bits per heavy atom. The highest BCUT2D eigenvalue weighted by molar-refractivity contribution is 7.14. The lowest BCUT2D eigenvalue weighted by molar-refractivity contribution is -0.146. The van der Waals surface area contributed by atoms with Gasteiger partial charge in [-0.3, -0.25) is 14.4 Å². The number of nitriles is 1. The number of nitrogens with one attached hydrogen (secondary N) is 2. The molecule has 146 valence electrons. The molecule has 0 aliphatic heterocycles. The summed E-state index contributed by atoms with van der Waals surface area (Å²) in [6.07, 6.45) is 0. The number of benzene rings is 1. The third-order valence-electron chi connectivity index (χ3n) is 3.14. The van der Waals surface area contributed by atoms with Crippen LogP contribution < -0.4 is 15.4 Å². The first-order valence-electron chi connectivity index (χ1n) is 7.65. The molecular weight excluding hydrogens is 396 g/mol. The highest BCUT2D eigenvalue weighted by Crippen LogP contribution is 2.22. The predicted octanol–water partition coefficient (Wildman–Crippen LogP) is 2.13. The minimum atomic E-state index is -3.11. The number of hydrogen-bond acceptors (Lipinski definition) is 7. The molecule has 0 atom stereocenters. The molecule has 0 radical (unpaired) electrons. The largest absolute Gasteiger partial charge is 0.454 e. The van der Waals surface area contributed by atoms with Crippen molar-refractivity contribution in [1.82, 2.24) is 5.32 Å². The lowest BCUT2D eigenvalue weighted by atomic mass is 10.2. The molecule has 8 nitrogen and oxygen atoms in total. The van der Waals surface area contributed by atoms with Crippen molar-refractivity contribution in [2.45, 2.75) is 6.61 Å². The first-order valence-corrected chi connectivity index (χ1v) is 8.53. The zero-order chi connectivity index (χ0) is 20.5. The fourth-order valence-electron chi connectivity index (χ4n) is 1.95. The monoisotopic (exact) mass is 409 g/mol. The van der Waals surface area contributed by atoms with E-state index in [1.165, 1.54) is 30.3 Å². The Labute approximate surface area is 161 Å². The lowest BCUT2D eigenvalue weighted by Crippen LogP contribution is -2.32. The van der Waals surface area contributed by atoms with E-state index in [-0.39, 0.29) is 16.9 Å². The summed E-state index contributed by atoms with van der Waals surface area (Å²) in [5, 5.41) is 15.4. The normalized spacial score (nSPS) is 10.1. The zero-order valence-electron chi connectivity index (χ0n) is 14.1.